The first-order valence-electron chi connectivity index (χ1n) is 9.65. The number of benzene rings is 1. The lowest BCUT2D eigenvalue weighted by Crippen LogP contribution is -2.31. The van der Waals surface area contributed by atoms with Crippen LogP contribution >= 0.6 is 11.3 Å². The van der Waals surface area contributed by atoms with Crippen LogP contribution in [0.2, 0.25) is 0 Å². The van der Waals surface area contributed by atoms with Crippen LogP contribution in [0, 0.1) is 0 Å². The lowest BCUT2D eigenvalue weighted by Gasteiger charge is -2.32. The van der Waals surface area contributed by atoms with Gasteiger partial charge in [-0.15, -0.1) is 16.4 Å². The Balaban J connectivity index is 1.68. The van der Waals surface area contributed by atoms with Gasteiger partial charge in [0.25, 0.3) is 0 Å². The molecule has 1 aliphatic carbocycles. The van der Waals surface area contributed by atoms with Crippen LogP contribution in [0.15, 0.2) is 47.0 Å². The molecule has 3 aromatic rings. The number of aromatic hydroxyl groups is 1. The molecule has 0 unspecified atom stereocenters. The number of anilines is 1. The number of allylic oxidation sites excluding steroid dienone is 2. The highest BCUT2D eigenvalue weighted by molar-refractivity contribution is 7.13. The smallest absolute Gasteiger partial charge is 0.226 e. The molecule has 148 valence electrons. The van der Waals surface area contributed by atoms with Crippen LogP contribution in [-0.2, 0) is 4.79 Å². The Hall–Kier alpha value is -3.13. The predicted molar refractivity (Wildman–Crippen MR) is 110 cm³/mol. The minimum atomic E-state index is -0.407. The highest BCUT2D eigenvalue weighted by atomic mass is 32.1. The SMILES string of the molecule is CCOc1cc([C@H]2C3=C(CCCC3=O)Nc3nc(-c4cccs4)nn32)ccc1O. The van der Waals surface area contributed by atoms with Crippen LogP contribution in [0.3, 0.4) is 0 Å². The number of carbonyl (C=O) groups excluding carboxylic acids is 1. The minimum absolute atomic E-state index is 0.0757. The third-order valence-corrected chi connectivity index (χ3v) is 6.07. The Kier molecular flexibility index (Phi) is 4.35. The van der Waals surface area contributed by atoms with Gasteiger partial charge in [0.15, 0.2) is 23.1 Å². The summed E-state index contributed by atoms with van der Waals surface area (Å²) in [5.41, 5.74) is 2.47. The molecule has 0 fully saturated rings. The average Bonchev–Trinajstić information content (AvgIpc) is 3.38. The van der Waals surface area contributed by atoms with Gasteiger partial charge in [0.05, 0.1) is 11.5 Å². The Morgan fingerprint density at radius 1 is 1.34 bits per heavy atom. The van der Waals surface area contributed by atoms with E-state index in [9.17, 15) is 9.90 Å². The fraction of sp³-hybridized carbons (Fsp3) is 0.286. The van der Waals surface area contributed by atoms with E-state index in [0.29, 0.717) is 30.5 Å². The van der Waals surface area contributed by atoms with E-state index in [4.69, 9.17) is 9.84 Å². The van der Waals surface area contributed by atoms with Gasteiger partial charge in [-0.05, 0) is 48.9 Å². The number of phenolic OH excluding ortho intramolecular Hbond substituents is 1. The van der Waals surface area contributed by atoms with E-state index in [1.807, 2.05) is 30.5 Å². The number of nitrogens with one attached hydrogen (secondary N) is 1. The Morgan fingerprint density at radius 3 is 3.03 bits per heavy atom. The molecule has 0 bridgehead atoms. The van der Waals surface area contributed by atoms with Crippen molar-refractivity contribution in [1.82, 2.24) is 14.8 Å². The zero-order chi connectivity index (χ0) is 20.0. The third kappa shape index (κ3) is 3.00. The second kappa shape index (κ2) is 7.04. The van der Waals surface area contributed by atoms with E-state index in [0.717, 1.165) is 34.6 Å². The van der Waals surface area contributed by atoms with Crippen molar-refractivity contribution in [2.24, 2.45) is 0 Å². The monoisotopic (exact) mass is 408 g/mol. The summed E-state index contributed by atoms with van der Waals surface area (Å²) in [6, 6.07) is 8.75. The Morgan fingerprint density at radius 2 is 2.24 bits per heavy atom. The van der Waals surface area contributed by atoms with Gasteiger partial charge in [-0.25, -0.2) is 4.68 Å². The van der Waals surface area contributed by atoms with Crippen molar-refractivity contribution in [2.45, 2.75) is 32.2 Å². The molecule has 0 saturated carbocycles. The number of thiophene rings is 1. The number of aromatic nitrogens is 3. The summed E-state index contributed by atoms with van der Waals surface area (Å²) in [7, 11) is 0. The number of Topliss-reactive ketones (excluding diaryl/α,β-unsaturated/α-hetero) is 1. The normalized spacial score (nSPS) is 18.2. The van der Waals surface area contributed by atoms with Crippen LogP contribution in [0.4, 0.5) is 5.95 Å². The van der Waals surface area contributed by atoms with Crippen LogP contribution in [0.1, 0.15) is 37.8 Å². The average molecular weight is 408 g/mol. The van der Waals surface area contributed by atoms with Crippen molar-refractivity contribution in [2.75, 3.05) is 11.9 Å². The number of phenols is 1. The maximum Gasteiger partial charge on any atom is 0.226 e. The first kappa shape index (κ1) is 17.9. The molecular weight excluding hydrogens is 388 g/mol. The summed E-state index contributed by atoms with van der Waals surface area (Å²) in [5, 5.41) is 20.2. The zero-order valence-corrected chi connectivity index (χ0v) is 16.7. The van der Waals surface area contributed by atoms with Crippen LogP contribution in [-0.4, -0.2) is 32.3 Å². The molecule has 0 radical (unpaired) electrons. The van der Waals surface area contributed by atoms with E-state index < -0.39 is 6.04 Å². The molecular formula is C21H20N4O3S. The number of fused-ring (bicyclic) bond motifs is 1. The molecule has 2 aliphatic rings. The molecule has 0 saturated heterocycles. The minimum Gasteiger partial charge on any atom is -0.504 e. The molecule has 2 N–H and O–H groups in total. The summed E-state index contributed by atoms with van der Waals surface area (Å²) >= 11 is 1.57. The van der Waals surface area contributed by atoms with Crippen molar-refractivity contribution < 1.29 is 14.6 Å². The molecule has 0 amide bonds. The lowest BCUT2D eigenvalue weighted by atomic mass is 9.85. The second-order valence-electron chi connectivity index (χ2n) is 7.04. The molecule has 5 rings (SSSR count). The highest BCUT2D eigenvalue weighted by Crippen LogP contribution is 2.42. The quantitative estimate of drug-likeness (QED) is 0.675. The number of hydrogen-bond donors (Lipinski definition) is 2. The number of rotatable bonds is 4. The summed E-state index contributed by atoms with van der Waals surface area (Å²) in [5.74, 6) is 1.84. The van der Waals surface area contributed by atoms with Gasteiger partial charge in [0.1, 0.15) is 6.04 Å². The Labute approximate surface area is 171 Å². The van der Waals surface area contributed by atoms with E-state index in [1.54, 1.807) is 28.2 Å². The molecule has 1 aromatic carbocycles. The number of carbonyl (C=O) groups is 1. The van der Waals surface area contributed by atoms with Crippen molar-refractivity contribution in [3.63, 3.8) is 0 Å². The first-order chi connectivity index (χ1) is 14.2. The van der Waals surface area contributed by atoms with Crippen LogP contribution in [0.25, 0.3) is 10.7 Å². The molecule has 8 heteroatoms. The predicted octanol–water partition coefficient (Wildman–Crippen LogP) is 4.13. The Bertz CT molecular complexity index is 1120. The largest absolute Gasteiger partial charge is 0.504 e. The van der Waals surface area contributed by atoms with Gasteiger partial charge in [-0.3, -0.25) is 4.79 Å². The molecule has 1 aliphatic heterocycles. The van der Waals surface area contributed by atoms with Crippen LogP contribution in [0.5, 0.6) is 11.5 Å². The van der Waals surface area contributed by atoms with Crippen molar-refractivity contribution >= 4 is 23.1 Å². The van der Waals surface area contributed by atoms with Crippen molar-refractivity contribution in [3.8, 4) is 22.2 Å². The third-order valence-electron chi connectivity index (χ3n) is 5.21. The second-order valence-corrected chi connectivity index (χ2v) is 7.99. The van der Waals surface area contributed by atoms with Crippen LogP contribution < -0.4 is 10.1 Å². The molecule has 1 atom stereocenters. The first-order valence-corrected chi connectivity index (χ1v) is 10.5. The number of hydrogen-bond acceptors (Lipinski definition) is 7. The summed E-state index contributed by atoms with van der Waals surface area (Å²) in [6.07, 6.45) is 2.15. The summed E-state index contributed by atoms with van der Waals surface area (Å²) in [4.78, 5) is 18.6. The number of nitrogens with zero attached hydrogens (tertiary/aromatic N) is 3. The molecule has 7 nitrogen and oxygen atoms in total. The van der Waals surface area contributed by atoms with E-state index in [-0.39, 0.29) is 11.5 Å². The number of ether oxygens (including phenoxy) is 1. The van der Waals surface area contributed by atoms with Gasteiger partial charge in [-0.2, -0.15) is 4.98 Å². The summed E-state index contributed by atoms with van der Waals surface area (Å²) in [6.45, 7) is 2.30. The van der Waals surface area contributed by atoms with E-state index >= 15 is 0 Å². The number of ketones is 1. The van der Waals surface area contributed by atoms with Gasteiger partial charge in [0.2, 0.25) is 5.95 Å². The lowest BCUT2D eigenvalue weighted by molar-refractivity contribution is -0.116. The standard InChI is InChI=1S/C21H20N4O3S/c1-2-28-16-11-12(8-9-14(16)26)19-18-13(5-3-6-15(18)27)22-21-23-20(24-25(19)21)17-7-4-10-29-17/h4,7-11,19,26H,2-3,5-6H2,1H3,(H,22,23,24)/t19-/m0/s1. The summed E-state index contributed by atoms with van der Waals surface area (Å²) < 4.78 is 7.35. The fourth-order valence-electron chi connectivity index (χ4n) is 3.95. The van der Waals surface area contributed by atoms with Gasteiger partial charge in [-0.1, -0.05) is 12.1 Å². The van der Waals surface area contributed by atoms with E-state index in [1.165, 1.54) is 0 Å². The highest BCUT2D eigenvalue weighted by Gasteiger charge is 2.37. The van der Waals surface area contributed by atoms with Gasteiger partial charge >= 0.3 is 0 Å². The molecule has 2 aromatic heterocycles. The van der Waals surface area contributed by atoms with E-state index in [2.05, 4.69) is 10.3 Å². The molecule has 29 heavy (non-hydrogen) atoms. The maximum atomic E-state index is 12.9. The fourth-order valence-corrected chi connectivity index (χ4v) is 4.60. The van der Waals surface area contributed by atoms with Crippen molar-refractivity contribution in [1.29, 1.82) is 0 Å². The molecule has 3 heterocycles. The van der Waals surface area contributed by atoms with Gasteiger partial charge in [0, 0.05) is 17.7 Å². The maximum absolute atomic E-state index is 12.9. The van der Waals surface area contributed by atoms with Crippen molar-refractivity contribution in [3.05, 3.63) is 52.5 Å². The molecule has 0 spiro atoms. The zero-order valence-electron chi connectivity index (χ0n) is 15.9. The topological polar surface area (TPSA) is 89.3 Å². The van der Waals surface area contributed by atoms with Gasteiger partial charge < -0.3 is 15.2 Å².